The van der Waals surface area contributed by atoms with Crippen LogP contribution in [0.4, 0.5) is 5.69 Å². The number of nitrogens with one attached hydrogen (secondary N) is 1. The highest BCUT2D eigenvalue weighted by Crippen LogP contribution is 2.30. The van der Waals surface area contributed by atoms with Gasteiger partial charge in [-0.2, -0.15) is 0 Å². The van der Waals surface area contributed by atoms with Crippen molar-refractivity contribution in [2.75, 3.05) is 11.4 Å². The molecule has 1 atom stereocenters. The van der Waals surface area contributed by atoms with E-state index in [1.54, 1.807) is 42.5 Å². The summed E-state index contributed by atoms with van der Waals surface area (Å²) in [5, 5.41) is 9.36. The first-order valence-corrected chi connectivity index (χ1v) is 11.1. The normalized spacial score (nSPS) is 16.1. The van der Waals surface area contributed by atoms with Gasteiger partial charge in [0, 0.05) is 24.8 Å². The molecule has 0 radical (unpaired) electrons. The maximum absolute atomic E-state index is 12.8. The number of hydrogen-bond acceptors (Lipinski definition) is 4. The van der Waals surface area contributed by atoms with Crippen LogP contribution in [0.5, 0.6) is 0 Å². The third-order valence-corrected chi connectivity index (χ3v) is 6.70. The lowest BCUT2D eigenvalue weighted by atomic mass is 9.96. The van der Waals surface area contributed by atoms with E-state index in [1.165, 1.54) is 0 Å². The molecule has 7 heteroatoms. The minimum absolute atomic E-state index is 0.194. The first-order valence-electron chi connectivity index (χ1n) is 9.65. The SMILES string of the molecule is O=C(O)c1ccc2c(c1)CC(NS(=O)(=O)c1ccccc1)CN2Cc1ccccc1. The van der Waals surface area contributed by atoms with Gasteiger partial charge in [0.15, 0.2) is 0 Å². The van der Waals surface area contributed by atoms with E-state index in [9.17, 15) is 18.3 Å². The van der Waals surface area contributed by atoms with Gasteiger partial charge in [-0.25, -0.2) is 17.9 Å². The summed E-state index contributed by atoms with van der Waals surface area (Å²) in [6.45, 7) is 1.09. The fraction of sp³-hybridized carbons (Fsp3) is 0.174. The monoisotopic (exact) mass is 422 g/mol. The van der Waals surface area contributed by atoms with E-state index in [4.69, 9.17) is 0 Å². The van der Waals surface area contributed by atoms with Crippen molar-refractivity contribution >= 4 is 21.7 Å². The lowest BCUT2D eigenvalue weighted by molar-refractivity contribution is 0.0696. The van der Waals surface area contributed by atoms with Gasteiger partial charge in [-0.05, 0) is 47.9 Å². The highest BCUT2D eigenvalue weighted by Gasteiger charge is 2.29. The van der Waals surface area contributed by atoms with E-state index in [2.05, 4.69) is 9.62 Å². The van der Waals surface area contributed by atoms with Gasteiger partial charge in [0.25, 0.3) is 0 Å². The number of nitrogens with zero attached hydrogens (tertiary/aromatic N) is 1. The van der Waals surface area contributed by atoms with Crippen molar-refractivity contribution in [2.45, 2.75) is 23.9 Å². The molecule has 2 N–H and O–H groups in total. The second-order valence-electron chi connectivity index (χ2n) is 7.35. The summed E-state index contributed by atoms with van der Waals surface area (Å²) < 4.78 is 28.5. The topological polar surface area (TPSA) is 86.7 Å². The van der Waals surface area contributed by atoms with Crippen LogP contribution in [0.1, 0.15) is 21.5 Å². The zero-order valence-corrected chi connectivity index (χ0v) is 17.0. The molecule has 30 heavy (non-hydrogen) atoms. The van der Waals surface area contributed by atoms with E-state index >= 15 is 0 Å². The van der Waals surface area contributed by atoms with Crippen molar-refractivity contribution in [1.82, 2.24) is 4.72 Å². The predicted molar refractivity (Wildman–Crippen MR) is 115 cm³/mol. The van der Waals surface area contributed by atoms with E-state index in [1.807, 2.05) is 36.4 Å². The second kappa shape index (κ2) is 8.30. The quantitative estimate of drug-likeness (QED) is 0.637. The van der Waals surface area contributed by atoms with Crippen molar-refractivity contribution in [3.8, 4) is 0 Å². The third-order valence-electron chi connectivity index (χ3n) is 5.17. The van der Waals surface area contributed by atoms with Crippen LogP contribution in [-0.4, -0.2) is 32.1 Å². The molecule has 4 rings (SSSR count). The van der Waals surface area contributed by atoms with Gasteiger partial charge in [-0.3, -0.25) is 0 Å². The molecule has 1 heterocycles. The Morgan fingerprint density at radius 1 is 1.00 bits per heavy atom. The van der Waals surface area contributed by atoms with Crippen LogP contribution < -0.4 is 9.62 Å². The zero-order chi connectivity index (χ0) is 21.1. The number of hydrogen-bond donors (Lipinski definition) is 2. The Morgan fingerprint density at radius 3 is 2.33 bits per heavy atom. The molecule has 0 aromatic heterocycles. The van der Waals surface area contributed by atoms with E-state index in [-0.39, 0.29) is 16.5 Å². The van der Waals surface area contributed by atoms with Crippen LogP contribution in [0, 0.1) is 0 Å². The zero-order valence-electron chi connectivity index (χ0n) is 16.2. The van der Waals surface area contributed by atoms with Crippen LogP contribution in [0.25, 0.3) is 0 Å². The van der Waals surface area contributed by atoms with Gasteiger partial charge in [0.1, 0.15) is 0 Å². The van der Waals surface area contributed by atoms with Crippen molar-refractivity contribution < 1.29 is 18.3 Å². The fourth-order valence-corrected chi connectivity index (χ4v) is 5.05. The van der Waals surface area contributed by atoms with Crippen LogP contribution in [-0.2, 0) is 23.0 Å². The number of aromatic carboxylic acids is 1. The van der Waals surface area contributed by atoms with E-state index in [0.29, 0.717) is 19.5 Å². The minimum atomic E-state index is -3.68. The van der Waals surface area contributed by atoms with Crippen LogP contribution in [0.15, 0.2) is 83.8 Å². The smallest absolute Gasteiger partial charge is 0.335 e. The highest BCUT2D eigenvalue weighted by molar-refractivity contribution is 7.89. The van der Waals surface area contributed by atoms with Crippen molar-refractivity contribution in [3.63, 3.8) is 0 Å². The first kappa shape index (κ1) is 20.1. The van der Waals surface area contributed by atoms with Gasteiger partial charge < -0.3 is 10.0 Å². The summed E-state index contributed by atoms with van der Waals surface area (Å²) in [7, 11) is -3.68. The molecule has 1 unspecified atom stereocenters. The molecular weight excluding hydrogens is 400 g/mol. The van der Waals surface area contributed by atoms with Crippen LogP contribution >= 0.6 is 0 Å². The molecule has 0 amide bonds. The standard InChI is InChI=1S/C23H22N2O4S/c26-23(27)18-11-12-22-19(13-18)14-20(16-25(22)15-17-7-3-1-4-8-17)24-30(28,29)21-9-5-2-6-10-21/h1-13,20,24H,14-16H2,(H,26,27). The number of carboxylic acid groups (broad SMARTS) is 1. The fourth-order valence-electron chi connectivity index (χ4n) is 3.80. The number of carboxylic acids is 1. The Hall–Kier alpha value is -3.16. The Kier molecular flexibility index (Phi) is 5.57. The number of fused-ring (bicyclic) bond motifs is 1. The van der Waals surface area contributed by atoms with E-state index < -0.39 is 16.0 Å². The molecule has 0 saturated heterocycles. The second-order valence-corrected chi connectivity index (χ2v) is 9.06. The molecule has 1 aliphatic heterocycles. The van der Waals surface area contributed by atoms with Crippen molar-refractivity contribution in [2.24, 2.45) is 0 Å². The summed E-state index contributed by atoms with van der Waals surface area (Å²) in [4.78, 5) is 13.7. The molecule has 3 aromatic rings. The molecule has 0 bridgehead atoms. The number of sulfonamides is 1. The summed E-state index contributed by atoms with van der Waals surface area (Å²) in [5.41, 5.74) is 3.04. The van der Waals surface area contributed by atoms with Gasteiger partial charge in [0.2, 0.25) is 10.0 Å². The van der Waals surface area contributed by atoms with Crippen molar-refractivity contribution in [1.29, 1.82) is 0 Å². The molecule has 0 fully saturated rings. The molecular formula is C23H22N2O4S. The lowest BCUT2D eigenvalue weighted by Crippen LogP contribution is -2.48. The lowest BCUT2D eigenvalue weighted by Gasteiger charge is -2.36. The molecule has 154 valence electrons. The average Bonchev–Trinajstić information content (AvgIpc) is 2.74. The van der Waals surface area contributed by atoms with Crippen molar-refractivity contribution in [3.05, 3.63) is 95.6 Å². The van der Waals surface area contributed by atoms with Gasteiger partial charge in [0.05, 0.1) is 10.5 Å². The summed E-state index contributed by atoms with van der Waals surface area (Å²) in [6, 6.07) is 22.8. The van der Waals surface area contributed by atoms with Gasteiger partial charge in [-0.1, -0.05) is 48.5 Å². The molecule has 0 spiro atoms. The minimum Gasteiger partial charge on any atom is -0.478 e. The Balaban J connectivity index is 1.65. The predicted octanol–water partition coefficient (Wildman–Crippen LogP) is 3.29. The molecule has 0 saturated carbocycles. The van der Waals surface area contributed by atoms with Gasteiger partial charge in [-0.15, -0.1) is 0 Å². The first-order chi connectivity index (χ1) is 14.4. The molecule has 1 aliphatic rings. The van der Waals surface area contributed by atoms with Gasteiger partial charge >= 0.3 is 5.97 Å². The third kappa shape index (κ3) is 4.37. The Labute approximate surface area is 175 Å². The maximum atomic E-state index is 12.8. The molecule has 6 nitrogen and oxygen atoms in total. The summed E-state index contributed by atoms with van der Waals surface area (Å²) in [6.07, 6.45) is 0.424. The highest BCUT2D eigenvalue weighted by atomic mass is 32.2. The average molecular weight is 423 g/mol. The van der Waals surface area contributed by atoms with Crippen LogP contribution in [0.3, 0.4) is 0 Å². The number of carbonyl (C=O) groups is 1. The largest absolute Gasteiger partial charge is 0.478 e. The number of anilines is 1. The molecule has 0 aliphatic carbocycles. The Morgan fingerprint density at radius 2 is 1.67 bits per heavy atom. The summed E-state index contributed by atoms with van der Waals surface area (Å²) in [5.74, 6) is -1.00. The maximum Gasteiger partial charge on any atom is 0.335 e. The molecule has 3 aromatic carbocycles. The van der Waals surface area contributed by atoms with E-state index in [0.717, 1.165) is 16.8 Å². The summed E-state index contributed by atoms with van der Waals surface area (Å²) >= 11 is 0. The Bertz CT molecular complexity index is 1150. The number of benzene rings is 3. The number of rotatable bonds is 6. The van der Waals surface area contributed by atoms with Crippen LogP contribution in [0.2, 0.25) is 0 Å².